The van der Waals surface area contributed by atoms with Crippen molar-refractivity contribution in [3.05, 3.63) is 52.5 Å². The van der Waals surface area contributed by atoms with Crippen LogP contribution in [0.4, 0.5) is 5.69 Å². The van der Waals surface area contributed by atoms with Gasteiger partial charge in [0.15, 0.2) is 11.5 Å². The van der Waals surface area contributed by atoms with Crippen LogP contribution in [0.1, 0.15) is 11.1 Å². The van der Waals surface area contributed by atoms with Crippen molar-refractivity contribution in [3.63, 3.8) is 0 Å². The maximum Gasteiger partial charge on any atom is 0.259 e. The summed E-state index contributed by atoms with van der Waals surface area (Å²) < 4.78 is 10.4. The number of hydrazone groups is 1. The van der Waals surface area contributed by atoms with Crippen molar-refractivity contribution in [2.75, 3.05) is 26.1 Å². The van der Waals surface area contributed by atoms with Gasteiger partial charge in [-0.1, -0.05) is 11.6 Å². The molecule has 0 radical (unpaired) electrons. The Balaban J connectivity index is 1.88. The minimum Gasteiger partial charge on any atom is -0.493 e. The molecule has 0 saturated carbocycles. The van der Waals surface area contributed by atoms with Gasteiger partial charge in [0.05, 0.1) is 27.0 Å². The van der Waals surface area contributed by atoms with E-state index in [1.165, 1.54) is 6.21 Å². The molecule has 2 aromatic rings. The Morgan fingerprint density at radius 1 is 1.16 bits per heavy atom. The van der Waals surface area contributed by atoms with Crippen LogP contribution >= 0.6 is 11.6 Å². The molecule has 0 aliphatic rings. The minimum atomic E-state index is -0.258. The van der Waals surface area contributed by atoms with E-state index in [2.05, 4.69) is 15.8 Å². The number of nitrogens with one attached hydrogen (secondary N) is 2. The Hall–Kier alpha value is -2.73. The predicted molar refractivity (Wildman–Crippen MR) is 100.0 cm³/mol. The number of rotatable bonds is 7. The van der Waals surface area contributed by atoms with E-state index in [0.29, 0.717) is 16.5 Å². The second kappa shape index (κ2) is 8.94. The van der Waals surface area contributed by atoms with Crippen LogP contribution in [0, 0.1) is 6.92 Å². The molecule has 2 rings (SSSR count). The number of halogens is 1. The van der Waals surface area contributed by atoms with E-state index >= 15 is 0 Å². The predicted octanol–water partition coefficient (Wildman–Crippen LogP) is 3.23. The van der Waals surface area contributed by atoms with Crippen LogP contribution in [-0.2, 0) is 4.79 Å². The van der Waals surface area contributed by atoms with Crippen molar-refractivity contribution in [1.82, 2.24) is 5.43 Å². The lowest BCUT2D eigenvalue weighted by Crippen LogP contribution is -2.26. The van der Waals surface area contributed by atoms with Gasteiger partial charge in [0, 0.05) is 10.7 Å². The summed E-state index contributed by atoms with van der Waals surface area (Å²) in [7, 11) is 3.13. The van der Waals surface area contributed by atoms with Gasteiger partial charge in [-0.2, -0.15) is 5.10 Å². The van der Waals surface area contributed by atoms with Crippen molar-refractivity contribution < 1.29 is 14.3 Å². The normalized spacial score (nSPS) is 10.6. The Morgan fingerprint density at radius 2 is 1.92 bits per heavy atom. The van der Waals surface area contributed by atoms with Gasteiger partial charge in [0.1, 0.15) is 0 Å². The highest BCUT2D eigenvalue weighted by Gasteiger charge is 2.04. The summed E-state index contributed by atoms with van der Waals surface area (Å²) in [5.74, 6) is 0.968. The van der Waals surface area contributed by atoms with Gasteiger partial charge in [-0.15, -0.1) is 0 Å². The summed E-state index contributed by atoms with van der Waals surface area (Å²) in [6.45, 7) is 2.02. The molecule has 0 spiro atoms. The maximum absolute atomic E-state index is 11.9. The Bertz CT molecular complexity index is 778. The van der Waals surface area contributed by atoms with Gasteiger partial charge in [-0.25, -0.2) is 5.43 Å². The Morgan fingerprint density at radius 3 is 2.60 bits per heavy atom. The minimum absolute atomic E-state index is 0.103. The van der Waals surface area contributed by atoms with Crippen molar-refractivity contribution in [2.24, 2.45) is 5.10 Å². The maximum atomic E-state index is 11.9. The molecular formula is C18H20ClN3O3. The van der Waals surface area contributed by atoms with E-state index in [9.17, 15) is 4.79 Å². The number of benzene rings is 2. The molecule has 0 aliphatic heterocycles. The number of nitrogens with zero attached hydrogens (tertiary/aromatic N) is 1. The molecule has 0 aliphatic carbocycles. The third-order valence-corrected chi connectivity index (χ3v) is 3.67. The number of hydrogen-bond acceptors (Lipinski definition) is 5. The van der Waals surface area contributed by atoms with E-state index < -0.39 is 0 Å². The van der Waals surface area contributed by atoms with E-state index in [0.717, 1.165) is 16.8 Å². The number of anilines is 1. The highest BCUT2D eigenvalue weighted by Crippen LogP contribution is 2.26. The first-order chi connectivity index (χ1) is 12.0. The fourth-order valence-corrected chi connectivity index (χ4v) is 2.38. The van der Waals surface area contributed by atoms with E-state index in [-0.39, 0.29) is 12.5 Å². The summed E-state index contributed by atoms with van der Waals surface area (Å²) in [6.07, 6.45) is 1.54. The molecule has 132 valence electrons. The molecule has 2 aromatic carbocycles. The smallest absolute Gasteiger partial charge is 0.259 e. The zero-order chi connectivity index (χ0) is 18.2. The van der Waals surface area contributed by atoms with Crippen LogP contribution in [0.5, 0.6) is 11.5 Å². The number of methoxy groups -OCH3 is 2. The molecule has 6 nitrogen and oxygen atoms in total. The molecule has 7 heteroatoms. The topological polar surface area (TPSA) is 72.0 Å². The van der Waals surface area contributed by atoms with Crippen LogP contribution in [0.2, 0.25) is 5.02 Å². The van der Waals surface area contributed by atoms with Crippen molar-refractivity contribution >= 4 is 29.4 Å². The zero-order valence-corrected chi connectivity index (χ0v) is 15.1. The fraction of sp³-hybridized carbons (Fsp3) is 0.222. The standard InChI is InChI=1S/C18H20ClN3O3/c1-12-8-14(19)5-6-15(12)20-11-18(23)22-21-10-13-4-7-16(24-2)17(9-13)25-3/h4-10,20H,11H2,1-3H3,(H,22,23)/b21-10+. The number of carbonyl (C=O) groups excluding carboxylic acids is 1. The summed E-state index contributed by atoms with van der Waals surface area (Å²) >= 11 is 5.90. The monoisotopic (exact) mass is 361 g/mol. The summed E-state index contributed by atoms with van der Waals surface area (Å²) in [5, 5.41) is 7.64. The summed E-state index contributed by atoms with van der Waals surface area (Å²) in [6, 6.07) is 10.8. The largest absolute Gasteiger partial charge is 0.493 e. The lowest BCUT2D eigenvalue weighted by Gasteiger charge is -2.09. The van der Waals surface area contributed by atoms with Gasteiger partial charge in [0.2, 0.25) is 0 Å². The van der Waals surface area contributed by atoms with Gasteiger partial charge < -0.3 is 14.8 Å². The third kappa shape index (κ3) is 5.39. The molecule has 0 bridgehead atoms. The Labute approximate surface area is 151 Å². The highest BCUT2D eigenvalue weighted by molar-refractivity contribution is 6.30. The summed E-state index contributed by atoms with van der Waals surface area (Å²) in [5.41, 5.74) is 5.06. The van der Waals surface area contributed by atoms with E-state index in [1.54, 1.807) is 32.4 Å². The van der Waals surface area contributed by atoms with Crippen LogP contribution in [0.15, 0.2) is 41.5 Å². The molecule has 2 N–H and O–H groups in total. The van der Waals surface area contributed by atoms with Gasteiger partial charge in [-0.3, -0.25) is 4.79 Å². The molecule has 0 heterocycles. The molecule has 0 saturated heterocycles. The van der Waals surface area contributed by atoms with Crippen molar-refractivity contribution in [2.45, 2.75) is 6.92 Å². The first kappa shape index (κ1) is 18.6. The quantitative estimate of drug-likeness (QED) is 0.586. The van der Waals surface area contributed by atoms with Crippen molar-refractivity contribution in [1.29, 1.82) is 0 Å². The van der Waals surface area contributed by atoms with Crippen molar-refractivity contribution in [3.8, 4) is 11.5 Å². The molecule has 0 fully saturated rings. The second-order valence-electron chi connectivity index (χ2n) is 5.22. The average Bonchev–Trinajstić information content (AvgIpc) is 2.60. The SMILES string of the molecule is COc1ccc(/C=N/NC(=O)CNc2ccc(Cl)cc2C)cc1OC. The third-order valence-electron chi connectivity index (χ3n) is 3.44. The lowest BCUT2D eigenvalue weighted by molar-refractivity contribution is -0.119. The molecule has 0 aromatic heterocycles. The fourth-order valence-electron chi connectivity index (χ4n) is 2.15. The Kier molecular flexibility index (Phi) is 6.65. The molecular weight excluding hydrogens is 342 g/mol. The summed E-state index contributed by atoms with van der Waals surface area (Å²) in [4.78, 5) is 11.9. The molecule has 25 heavy (non-hydrogen) atoms. The molecule has 0 unspecified atom stereocenters. The molecule has 1 amide bonds. The van der Waals surface area contributed by atoms with E-state index in [4.69, 9.17) is 21.1 Å². The number of ether oxygens (including phenoxy) is 2. The molecule has 0 atom stereocenters. The average molecular weight is 362 g/mol. The lowest BCUT2D eigenvalue weighted by atomic mass is 10.2. The van der Waals surface area contributed by atoms with E-state index in [1.807, 2.05) is 25.1 Å². The number of amides is 1. The number of carbonyl (C=O) groups is 1. The number of aryl methyl sites for hydroxylation is 1. The highest BCUT2D eigenvalue weighted by atomic mass is 35.5. The van der Waals surface area contributed by atoms with Crippen LogP contribution < -0.4 is 20.2 Å². The first-order valence-corrected chi connectivity index (χ1v) is 7.95. The van der Waals surface area contributed by atoms with Gasteiger partial charge in [0.25, 0.3) is 5.91 Å². The zero-order valence-electron chi connectivity index (χ0n) is 14.3. The second-order valence-corrected chi connectivity index (χ2v) is 5.66. The van der Waals surface area contributed by atoms with Crippen LogP contribution in [0.25, 0.3) is 0 Å². The first-order valence-electron chi connectivity index (χ1n) is 7.57. The van der Waals surface area contributed by atoms with Crippen LogP contribution in [-0.4, -0.2) is 32.9 Å². The van der Waals surface area contributed by atoms with Crippen LogP contribution in [0.3, 0.4) is 0 Å². The van der Waals surface area contributed by atoms with Gasteiger partial charge in [-0.05, 0) is 54.4 Å². The van der Waals surface area contributed by atoms with Gasteiger partial charge >= 0.3 is 0 Å². The number of hydrogen-bond donors (Lipinski definition) is 2.